The molecule has 1 nitrogen and oxygen atoms in total. The Bertz CT molecular complexity index is 383. The minimum Gasteiger partial charge on any atom is -0.388 e. The maximum atomic E-state index is 10.3. The molecule has 1 aromatic carbocycles. The van der Waals surface area contributed by atoms with Crippen molar-refractivity contribution in [3.8, 4) is 0 Å². The Kier molecular flexibility index (Phi) is 5.08. The second-order valence-electron chi connectivity index (χ2n) is 5.58. The van der Waals surface area contributed by atoms with Crippen LogP contribution in [0, 0.1) is 12.8 Å². The molecule has 0 aliphatic heterocycles. The van der Waals surface area contributed by atoms with E-state index in [2.05, 4.69) is 0 Å². The Morgan fingerprint density at radius 1 is 1.28 bits per heavy atom. The van der Waals surface area contributed by atoms with Gasteiger partial charge in [-0.3, -0.25) is 0 Å². The van der Waals surface area contributed by atoms with Gasteiger partial charge in [-0.2, -0.15) is 0 Å². The van der Waals surface area contributed by atoms with E-state index in [1.165, 1.54) is 32.1 Å². The van der Waals surface area contributed by atoms with Gasteiger partial charge in [0.2, 0.25) is 0 Å². The van der Waals surface area contributed by atoms with Gasteiger partial charge in [-0.25, -0.2) is 0 Å². The third-order valence-corrected chi connectivity index (χ3v) is 4.67. The van der Waals surface area contributed by atoms with Crippen LogP contribution in [-0.4, -0.2) is 5.11 Å². The van der Waals surface area contributed by atoms with Crippen LogP contribution in [0.1, 0.15) is 62.2 Å². The van der Waals surface area contributed by atoms with Gasteiger partial charge in [0, 0.05) is 5.02 Å². The topological polar surface area (TPSA) is 20.2 Å². The number of benzene rings is 1. The molecule has 1 aliphatic carbocycles. The summed E-state index contributed by atoms with van der Waals surface area (Å²) in [7, 11) is 0. The number of halogens is 1. The Morgan fingerprint density at radius 3 is 2.72 bits per heavy atom. The van der Waals surface area contributed by atoms with Crippen molar-refractivity contribution in [1.82, 2.24) is 0 Å². The highest BCUT2D eigenvalue weighted by atomic mass is 35.5. The Morgan fingerprint density at radius 2 is 2.00 bits per heavy atom. The molecule has 0 heterocycles. The predicted molar refractivity (Wildman–Crippen MR) is 77.0 cm³/mol. The van der Waals surface area contributed by atoms with Gasteiger partial charge in [0.05, 0.1) is 6.10 Å². The van der Waals surface area contributed by atoms with Crippen LogP contribution in [0.3, 0.4) is 0 Å². The predicted octanol–water partition coefficient (Wildman–Crippen LogP) is 5.04. The van der Waals surface area contributed by atoms with E-state index in [-0.39, 0.29) is 0 Å². The Labute approximate surface area is 115 Å². The van der Waals surface area contributed by atoms with Crippen LogP contribution in [0.2, 0.25) is 5.02 Å². The molecule has 1 saturated carbocycles. The number of aliphatic hydroxyl groups excluding tert-OH is 1. The first kappa shape index (κ1) is 13.9. The smallest absolute Gasteiger partial charge is 0.0804 e. The van der Waals surface area contributed by atoms with Gasteiger partial charge in [0.25, 0.3) is 0 Å². The van der Waals surface area contributed by atoms with Gasteiger partial charge in [0.1, 0.15) is 0 Å². The lowest BCUT2D eigenvalue weighted by atomic mass is 9.85. The maximum Gasteiger partial charge on any atom is 0.0804 e. The van der Waals surface area contributed by atoms with Gasteiger partial charge in [0.15, 0.2) is 0 Å². The second-order valence-corrected chi connectivity index (χ2v) is 5.95. The summed E-state index contributed by atoms with van der Waals surface area (Å²) in [6.07, 6.45) is 8.38. The average molecular weight is 267 g/mol. The first-order chi connectivity index (χ1) is 8.68. The lowest BCUT2D eigenvalue weighted by Crippen LogP contribution is -2.08. The fourth-order valence-electron chi connectivity index (χ4n) is 2.95. The lowest BCUT2D eigenvalue weighted by molar-refractivity contribution is 0.151. The molecule has 18 heavy (non-hydrogen) atoms. The summed E-state index contributed by atoms with van der Waals surface area (Å²) in [5.74, 6) is 0.817. The van der Waals surface area contributed by atoms with Crippen LogP contribution in [0.5, 0.6) is 0 Å². The summed E-state index contributed by atoms with van der Waals surface area (Å²) in [6, 6.07) is 5.90. The van der Waals surface area contributed by atoms with E-state index < -0.39 is 6.10 Å². The molecule has 100 valence electrons. The monoisotopic (exact) mass is 266 g/mol. The largest absolute Gasteiger partial charge is 0.388 e. The molecular formula is C16H23ClO. The average Bonchev–Trinajstić information content (AvgIpc) is 2.40. The van der Waals surface area contributed by atoms with Crippen molar-refractivity contribution in [2.45, 2.75) is 58.0 Å². The minimum absolute atomic E-state index is 0.403. The van der Waals surface area contributed by atoms with Crippen LogP contribution in [0.4, 0.5) is 0 Å². The van der Waals surface area contributed by atoms with Crippen molar-refractivity contribution in [2.24, 2.45) is 5.92 Å². The van der Waals surface area contributed by atoms with Crippen molar-refractivity contribution in [1.29, 1.82) is 0 Å². The first-order valence-electron chi connectivity index (χ1n) is 7.11. The van der Waals surface area contributed by atoms with Crippen LogP contribution in [0.15, 0.2) is 18.2 Å². The van der Waals surface area contributed by atoms with Gasteiger partial charge >= 0.3 is 0 Å². The molecule has 2 rings (SSSR count). The van der Waals surface area contributed by atoms with Crippen molar-refractivity contribution in [3.63, 3.8) is 0 Å². The highest BCUT2D eigenvalue weighted by Crippen LogP contribution is 2.33. The molecule has 1 N–H and O–H groups in total. The van der Waals surface area contributed by atoms with Crippen molar-refractivity contribution in [2.75, 3.05) is 0 Å². The van der Waals surface area contributed by atoms with E-state index in [1.807, 2.05) is 25.1 Å². The highest BCUT2D eigenvalue weighted by molar-refractivity contribution is 6.32. The molecule has 1 aromatic rings. The summed E-state index contributed by atoms with van der Waals surface area (Å²) >= 11 is 6.25. The third kappa shape index (κ3) is 3.49. The minimum atomic E-state index is -0.403. The molecule has 0 amide bonds. The Hall–Kier alpha value is -0.530. The van der Waals surface area contributed by atoms with E-state index in [0.717, 1.165) is 34.9 Å². The quantitative estimate of drug-likeness (QED) is 0.809. The molecule has 1 fully saturated rings. The van der Waals surface area contributed by atoms with E-state index in [4.69, 9.17) is 11.6 Å². The normalized spacial score (nSPS) is 18.8. The summed E-state index contributed by atoms with van der Waals surface area (Å²) in [5, 5.41) is 11.0. The van der Waals surface area contributed by atoms with E-state index >= 15 is 0 Å². The fourth-order valence-corrected chi connectivity index (χ4v) is 3.20. The van der Waals surface area contributed by atoms with Crippen molar-refractivity contribution < 1.29 is 5.11 Å². The number of rotatable bonds is 4. The summed E-state index contributed by atoms with van der Waals surface area (Å²) in [6.45, 7) is 1.99. The molecule has 2 heteroatoms. The molecule has 0 saturated heterocycles. The van der Waals surface area contributed by atoms with Crippen LogP contribution < -0.4 is 0 Å². The van der Waals surface area contributed by atoms with Gasteiger partial charge in [-0.15, -0.1) is 0 Å². The zero-order valence-corrected chi connectivity index (χ0v) is 11.9. The summed E-state index contributed by atoms with van der Waals surface area (Å²) in [5.41, 5.74) is 1.94. The molecule has 0 radical (unpaired) electrons. The molecular weight excluding hydrogens is 244 g/mol. The number of hydrogen-bond donors (Lipinski definition) is 1. The van der Waals surface area contributed by atoms with Crippen molar-refractivity contribution in [3.05, 3.63) is 34.3 Å². The lowest BCUT2D eigenvalue weighted by Gasteiger charge is -2.23. The summed E-state index contributed by atoms with van der Waals surface area (Å²) in [4.78, 5) is 0. The first-order valence-corrected chi connectivity index (χ1v) is 7.49. The molecule has 1 atom stereocenters. The molecule has 1 aliphatic rings. The second kappa shape index (κ2) is 6.58. The van der Waals surface area contributed by atoms with Crippen LogP contribution in [0.25, 0.3) is 0 Å². The van der Waals surface area contributed by atoms with Gasteiger partial charge < -0.3 is 5.11 Å². The SMILES string of the molecule is Cc1cccc(C(O)CCC2CCCCC2)c1Cl. The molecule has 0 bridgehead atoms. The molecule has 1 unspecified atom stereocenters. The number of aryl methyl sites for hydroxylation is 1. The van der Waals surface area contributed by atoms with Crippen LogP contribution >= 0.6 is 11.6 Å². The van der Waals surface area contributed by atoms with Crippen molar-refractivity contribution >= 4 is 11.6 Å². The van der Waals surface area contributed by atoms with Gasteiger partial charge in [-0.05, 0) is 36.8 Å². The highest BCUT2D eigenvalue weighted by Gasteiger charge is 2.17. The zero-order valence-electron chi connectivity index (χ0n) is 11.2. The molecule has 0 aromatic heterocycles. The Balaban J connectivity index is 1.90. The van der Waals surface area contributed by atoms with E-state index in [0.29, 0.717) is 0 Å². The zero-order chi connectivity index (χ0) is 13.0. The third-order valence-electron chi connectivity index (χ3n) is 4.15. The van der Waals surface area contributed by atoms with Crippen LogP contribution in [-0.2, 0) is 0 Å². The number of hydrogen-bond acceptors (Lipinski definition) is 1. The van der Waals surface area contributed by atoms with E-state index in [1.54, 1.807) is 0 Å². The summed E-state index contributed by atoms with van der Waals surface area (Å²) < 4.78 is 0. The maximum absolute atomic E-state index is 10.3. The standard InChI is InChI=1S/C16H23ClO/c1-12-6-5-9-14(16(12)17)15(18)11-10-13-7-3-2-4-8-13/h5-6,9,13,15,18H,2-4,7-8,10-11H2,1H3. The van der Waals surface area contributed by atoms with Gasteiger partial charge in [-0.1, -0.05) is 61.9 Å². The fraction of sp³-hybridized carbons (Fsp3) is 0.625. The van der Waals surface area contributed by atoms with E-state index in [9.17, 15) is 5.11 Å². The number of aliphatic hydroxyl groups is 1. The molecule has 0 spiro atoms.